The number of aryl methyl sites for hydroxylation is 1. The van der Waals surface area contributed by atoms with Crippen molar-refractivity contribution in [2.45, 2.75) is 20.8 Å². The van der Waals surface area contributed by atoms with Crippen LogP contribution in [-0.4, -0.2) is 49.1 Å². The van der Waals surface area contributed by atoms with Gasteiger partial charge in [0.15, 0.2) is 30.5 Å². The minimum absolute atomic E-state index is 0.148. The van der Waals surface area contributed by atoms with E-state index in [1.54, 1.807) is 13.8 Å². The molecule has 28 heavy (non-hydrogen) atoms. The minimum atomic E-state index is -0.748. The van der Waals surface area contributed by atoms with E-state index in [0.29, 0.717) is 34.4 Å². The van der Waals surface area contributed by atoms with Gasteiger partial charge in [0.2, 0.25) is 5.78 Å². The molecule has 0 amide bonds. The van der Waals surface area contributed by atoms with E-state index in [9.17, 15) is 19.2 Å². The summed E-state index contributed by atoms with van der Waals surface area (Å²) in [6.07, 6.45) is 0.661. The van der Waals surface area contributed by atoms with Crippen LogP contribution in [0, 0.1) is 13.8 Å². The molecule has 0 unspecified atom stereocenters. The molecule has 8 heteroatoms. The Bertz CT molecular complexity index is 927. The lowest BCUT2D eigenvalue weighted by Gasteiger charge is -2.10. The predicted molar refractivity (Wildman–Crippen MR) is 99.4 cm³/mol. The number of aromatic nitrogens is 1. The first-order chi connectivity index (χ1) is 13.3. The molecule has 1 heterocycles. The number of carbonyl (C=O) groups is 4. The number of nitrogens with one attached hydrogen (secondary N) is 1. The molecule has 1 N–H and O–H groups in total. The summed E-state index contributed by atoms with van der Waals surface area (Å²) in [5.41, 5.74) is 2.22. The zero-order chi connectivity index (χ0) is 20.8. The van der Waals surface area contributed by atoms with E-state index >= 15 is 0 Å². The second-order valence-corrected chi connectivity index (χ2v) is 6.08. The highest BCUT2D eigenvalue weighted by atomic mass is 16.6. The first-order valence-corrected chi connectivity index (χ1v) is 8.43. The van der Waals surface area contributed by atoms with Crippen molar-refractivity contribution in [3.05, 3.63) is 46.3 Å². The lowest BCUT2D eigenvalue weighted by atomic mass is 10.1. The average molecular weight is 387 g/mol. The maximum absolute atomic E-state index is 12.3. The monoisotopic (exact) mass is 387 g/mol. The SMILES string of the molecule is COc1cc(C=O)ccc1OCC(=O)OCC(=O)c1[nH]c(C)c(C(C)=O)c1C. The topological polar surface area (TPSA) is 112 Å². The number of hydrogen-bond donors (Lipinski definition) is 1. The van der Waals surface area contributed by atoms with Gasteiger partial charge in [0.05, 0.1) is 12.8 Å². The Morgan fingerprint density at radius 1 is 1.11 bits per heavy atom. The fourth-order valence-electron chi connectivity index (χ4n) is 2.83. The molecule has 8 nitrogen and oxygen atoms in total. The van der Waals surface area contributed by atoms with Crippen LogP contribution in [0.5, 0.6) is 11.5 Å². The van der Waals surface area contributed by atoms with E-state index in [2.05, 4.69) is 4.98 Å². The largest absolute Gasteiger partial charge is 0.493 e. The summed E-state index contributed by atoms with van der Waals surface area (Å²) < 4.78 is 15.4. The maximum Gasteiger partial charge on any atom is 0.344 e. The average Bonchev–Trinajstić information content (AvgIpc) is 2.98. The van der Waals surface area contributed by atoms with Gasteiger partial charge in [-0.2, -0.15) is 0 Å². The molecule has 0 saturated heterocycles. The molecule has 1 aromatic carbocycles. The van der Waals surface area contributed by atoms with Crippen LogP contribution in [0.25, 0.3) is 0 Å². The van der Waals surface area contributed by atoms with Crippen LogP contribution in [0.4, 0.5) is 0 Å². The third kappa shape index (κ3) is 4.64. The summed E-state index contributed by atoms with van der Waals surface area (Å²) in [6.45, 7) is 3.86. The number of rotatable bonds is 9. The van der Waals surface area contributed by atoms with Crippen LogP contribution in [0.3, 0.4) is 0 Å². The molecule has 0 bridgehead atoms. The molecule has 0 aliphatic heterocycles. The van der Waals surface area contributed by atoms with E-state index in [1.165, 1.54) is 32.2 Å². The van der Waals surface area contributed by atoms with Gasteiger partial charge >= 0.3 is 5.97 Å². The van der Waals surface area contributed by atoms with Crippen LogP contribution in [-0.2, 0) is 9.53 Å². The molecule has 1 aromatic heterocycles. The van der Waals surface area contributed by atoms with E-state index in [-0.39, 0.29) is 17.2 Å². The zero-order valence-corrected chi connectivity index (χ0v) is 16.1. The van der Waals surface area contributed by atoms with Crippen molar-refractivity contribution in [2.75, 3.05) is 20.3 Å². The summed E-state index contributed by atoms with van der Waals surface area (Å²) in [7, 11) is 1.41. The van der Waals surface area contributed by atoms with Gasteiger partial charge in [0, 0.05) is 16.8 Å². The van der Waals surface area contributed by atoms with Gasteiger partial charge in [-0.3, -0.25) is 14.4 Å². The Labute approximate surface area is 161 Å². The van der Waals surface area contributed by atoms with Gasteiger partial charge in [-0.15, -0.1) is 0 Å². The van der Waals surface area contributed by atoms with Gasteiger partial charge in [0.1, 0.15) is 6.29 Å². The Kier molecular flexibility index (Phi) is 6.70. The molecule has 2 rings (SSSR count). The molecule has 0 spiro atoms. The van der Waals surface area contributed by atoms with Crippen molar-refractivity contribution in [3.8, 4) is 11.5 Å². The van der Waals surface area contributed by atoms with E-state index in [0.717, 1.165) is 0 Å². The highest BCUT2D eigenvalue weighted by molar-refractivity contribution is 6.04. The van der Waals surface area contributed by atoms with Crippen molar-refractivity contribution in [1.29, 1.82) is 0 Å². The van der Waals surface area contributed by atoms with Crippen molar-refractivity contribution < 1.29 is 33.4 Å². The normalized spacial score (nSPS) is 10.3. The number of carbonyl (C=O) groups excluding carboxylic acids is 4. The summed E-state index contributed by atoms with van der Waals surface area (Å²) in [4.78, 5) is 49.4. The van der Waals surface area contributed by atoms with Gasteiger partial charge in [-0.25, -0.2) is 4.79 Å². The summed E-state index contributed by atoms with van der Waals surface area (Å²) in [5, 5.41) is 0. The van der Waals surface area contributed by atoms with E-state index in [1.807, 2.05) is 0 Å². The standard InChI is InChI=1S/C20H21NO7/c1-11-19(13(3)23)12(2)21-20(11)15(24)9-28-18(25)10-27-16-6-5-14(8-22)7-17(16)26-4/h5-8,21H,9-10H2,1-4H3. The number of H-pyrrole nitrogens is 1. The second kappa shape index (κ2) is 8.98. The van der Waals surface area contributed by atoms with Crippen LogP contribution < -0.4 is 9.47 Å². The molecule has 0 atom stereocenters. The number of ether oxygens (including phenoxy) is 3. The Hall–Kier alpha value is -3.42. The zero-order valence-electron chi connectivity index (χ0n) is 16.1. The van der Waals surface area contributed by atoms with Gasteiger partial charge in [0.25, 0.3) is 0 Å². The molecule has 2 aromatic rings. The molecule has 0 radical (unpaired) electrons. The summed E-state index contributed by atoms with van der Waals surface area (Å²) in [6, 6.07) is 4.48. The quantitative estimate of drug-likeness (QED) is 0.400. The van der Waals surface area contributed by atoms with Crippen LogP contribution in [0.15, 0.2) is 18.2 Å². The molecule has 0 aliphatic rings. The molecule has 0 aliphatic carbocycles. The highest BCUT2D eigenvalue weighted by Gasteiger charge is 2.21. The van der Waals surface area contributed by atoms with Crippen LogP contribution in [0.1, 0.15) is 49.4 Å². The molecule has 0 fully saturated rings. The fourth-order valence-corrected chi connectivity index (χ4v) is 2.83. The van der Waals surface area contributed by atoms with Crippen molar-refractivity contribution in [3.63, 3.8) is 0 Å². The van der Waals surface area contributed by atoms with E-state index in [4.69, 9.17) is 14.2 Å². The molecule has 148 valence electrons. The number of esters is 1. The van der Waals surface area contributed by atoms with Crippen molar-refractivity contribution >= 4 is 23.8 Å². The number of aldehydes is 1. The number of aromatic amines is 1. The number of ketones is 2. The molecular weight excluding hydrogens is 366 g/mol. The lowest BCUT2D eigenvalue weighted by Crippen LogP contribution is -2.20. The number of hydrogen-bond acceptors (Lipinski definition) is 7. The molecule has 0 saturated carbocycles. The maximum atomic E-state index is 12.3. The van der Waals surface area contributed by atoms with E-state index < -0.39 is 25.0 Å². The first-order valence-electron chi connectivity index (χ1n) is 8.43. The second-order valence-electron chi connectivity index (χ2n) is 6.08. The van der Waals surface area contributed by atoms with Crippen molar-refractivity contribution in [1.82, 2.24) is 4.98 Å². The minimum Gasteiger partial charge on any atom is -0.493 e. The predicted octanol–water partition coefficient (Wildman–Crippen LogP) is 2.46. The number of benzene rings is 1. The Morgan fingerprint density at radius 3 is 2.39 bits per heavy atom. The fraction of sp³-hybridized carbons (Fsp3) is 0.300. The summed E-state index contributed by atoms with van der Waals surface area (Å²) >= 11 is 0. The van der Waals surface area contributed by atoms with Crippen LogP contribution >= 0.6 is 0 Å². The van der Waals surface area contributed by atoms with Crippen molar-refractivity contribution in [2.24, 2.45) is 0 Å². The lowest BCUT2D eigenvalue weighted by molar-refractivity contribution is -0.144. The third-order valence-electron chi connectivity index (χ3n) is 4.10. The third-order valence-corrected chi connectivity index (χ3v) is 4.10. The Morgan fingerprint density at radius 2 is 1.82 bits per heavy atom. The number of Topliss-reactive ketones (excluding diaryl/α,β-unsaturated/α-hetero) is 2. The first kappa shape index (κ1) is 20.9. The number of methoxy groups -OCH3 is 1. The van der Waals surface area contributed by atoms with Gasteiger partial charge in [-0.1, -0.05) is 0 Å². The summed E-state index contributed by atoms with van der Waals surface area (Å²) in [5.74, 6) is -0.789. The van der Waals surface area contributed by atoms with Gasteiger partial charge < -0.3 is 19.2 Å². The highest BCUT2D eigenvalue weighted by Crippen LogP contribution is 2.27. The molecular formula is C20H21NO7. The van der Waals surface area contributed by atoms with Crippen LogP contribution in [0.2, 0.25) is 0 Å². The Balaban J connectivity index is 1.94. The smallest absolute Gasteiger partial charge is 0.344 e. The van der Waals surface area contributed by atoms with Gasteiger partial charge in [-0.05, 0) is 44.5 Å².